The fourth-order valence-corrected chi connectivity index (χ4v) is 3.57. The van der Waals surface area contributed by atoms with Crippen molar-refractivity contribution in [2.75, 3.05) is 12.4 Å². The summed E-state index contributed by atoms with van der Waals surface area (Å²) in [5.41, 5.74) is 6.98. The van der Waals surface area contributed by atoms with Gasteiger partial charge in [0.05, 0.1) is 7.11 Å². The van der Waals surface area contributed by atoms with E-state index in [4.69, 9.17) is 9.84 Å². The molecule has 0 heterocycles. The van der Waals surface area contributed by atoms with Crippen molar-refractivity contribution < 1.29 is 19.0 Å². The highest BCUT2D eigenvalue weighted by atomic mass is 19.1. The smallest absolute Gasteiger partial charge is 0.409 e. The normalized spacial score (nSPS) is 10.6. The van der Waals surface area contributed by atoms with Gasteiger partial charge in [-0.3, -0.25) is 5.32 Å². The molecule has 2 N–H and O–H groups in total. The standard InChI is InChI=1S/C24H24FNO3/c1-15-10-21(26-24(27)28)11-16(2)22(15)14-18-6-9-23(29-3)19(13-18)12-17-4-7-20(25)8-5-17/h4-11,13,26H,12,14H2,1-3H3,(H,27,28). The van der Waals surface area contributed by atoms with Crippen molar-refractivity contribution in [1.29, 1.82) is 0 Å². The molecule has 0 aliphatic rings. The van der Waals surface area contributed by atoms with Gasteiger partial charge in [-0.15, -0.1) is 0 Å². The molecule has 3 aromatic carbocycles. The zero-order chi connectivity index (χ0) is 21.0. The van der Waals surface area contributed by atoms with Crippen LogP contribution in [-0.4, -0.2) is 18.3 Å². The maximum Gasteiger partial charge on any atom is 0.409 e. The first kappa shape index (κ1) is 20.4. The minimum atomic E-state index is -1.07. The van der Waals surface area contributed by atoms with Crippen LogP contribution in [-0.2, 0) is 12.8 Å². The van der Waals surface area contributed by atoms with Gasteiger partial charge in [0.1, 0.15) is 11.6 Å². The summed E-state index contributed by atoms with van der Waals surface area (Å²) in [6.45, 7) is 3.97. The van der Waals surface area contributed by atoms with Gasteiger partial charge in [-0.25, -0.2) is 9.18 Å². The Kier molecular flexibility index (Phi) is 6.17. The van der Waals surface area contributed by atoms with Crippen molar-refractivity contribution >= 4 is 11.8 Å². The number of aryl methyl sites for hydroxylation is 2. The van der Waals surface area contributed by atoms with E-state index >= 15 is 0 Å². The summed E-state index contributed by atoms with van der Waals surface area (Å²) < 4.78 is 18.7. The topological polar surface area (TPSA) is 58.6 Å². The van der Waals surface area contributed by atoms with Crippen molar-refractivity contribution in [2.45, 2.75) is 26.7 Å². The fourth-order valence-electron chi connectivity index (χ4n) is 3.57. The van der Waals surface area contributed by atoms with E-state index in [0.717, 1.165) is 40.0 Å². The predicted octanol–water partition coefficient (Wildman–Crippen LogP) is 5.72. The molecule has 150 valence electrons. The van der Waals surface area contributed by atoms with E-state index in [9.17, 15) is 9.18 Å². The summed E-state index contributed by atoms with van der Waals surface area (Å²) in [4.78, 5) is 10.9. The number of benzene rings is 3. The molecule has 3 rings (SSSR count). The van der Waals surface area contributed by atoms with Crippen LogP contribution in [0.3, 0.4) is 0 Å². The van der Waals surface area contributed by atoms with Gasteiger partial charge in [0.25, 0.3) is 0 Å². The Morgan fingerprint density at radius 3 is 2.17 bits per heavy atom. The first-order valence-corrected chi connectivity index (χ1v) is 9.36. The van der Waals surface area contributed by atoms with Crippen molar-refractivity contribution in [2.24, 2.45) is 0 Å². The van der Waals surface area contributed by atoms with Crippen LogP contribution in [0.5, 0.6) is 5.75 Å². The van der Waals surface area contributed by atoms with Crippen LogP contribution in [0.15, 0.2) is 54.6 Å². The first-order valence-electron chi connectivity index (χ1n) is 9.36. The number of anilines is 1. The highest BCUT2D eigenvalue weighted by molar-refractivity contribution is 5.83. The summed E-state index contributed by atoms with van der Waals surface area (Å²) in [7, 11) is 1.64. The third kappa shape index (κ3) is 5.13. The van der Waals surface area contributed by atoms with Crippen molar-refractivity contribution in [3.05, 3.63) is 93.8 Å². The maximum absolute atomic E-state index is 13.2. The summed E-state index contributed by atoms with van der Waals surface area (Å²) in [6, 6.07) is 16.3. The minimum absolute atomic E-state index is 0.249. The second kappa shape index (κ2) is 8.78. The van der Waals surface area contributed by atoms with E-state index in [1.807, 2.05) is 38.1 Å². The van der Waals surface area contributed by atoms with Gasteiger partial charge < -0.3 is 9.84 Å². The Morgan fingerprint density at radius 2 is 1.59 bits per heavy atom. The van der Waals surface area contributed by atoms with Crippen LogP contribution in [0.1, 0.15) is 33.4 Å². The lowest BCUT2D eigenvalue weighted by Crippen LogP contribution is -2.08. The molecule has 0 unspecified atom stereocenters. The van der Waals surface area contributed by atoms with Gasteiger partial charge in [-0.1, -0.05) is 24.3 Å². The Morgan fingerprint density at radius 1 is 0.966 bits per heavy atom. The molecule has 0 atom stereocenters. The van der Waals surface area contributed by atoms with E-state index in [2.05, 4.69) is 11.4 Å². The van der Waals surface area contributed by atoms with Gasteiger partial charge >= 0.3 is 6.09 Å². The molecular weight excluding hydrogens is 369 g/mol. The maximum atomic E-state index is 13.2. The molecule has 0 aliphatic carbocycles. The second-order valence-electron chi connectivity index (χ2n) is 7.14. The minimum Gasteiger partial charge on any atom is -0.496 e. The number of nitrogens with one attached hydrogen (secondary N) is 1. The molecule has 0 saturated heterocycles. The average Bonchev–Trinajstić information content (AvgIpc) is 2.66. The molecule has 0 bridgehead atoms. The number of hydrogen-bond donors (Lipinski definition) is 2. The lowest BCUT2D eigenvalue weighted by Gasteiger charge is -2.15. The number of hydrogen-bond acceptors (Lipinski definition) is 2. The summed E-state index contributed by atoms with van der Waals surface area (Å²) >= 11 is 0. The zero-order valence-electron chi connectivity index (χ0n) is 16.8. The van der Waals surface area contributed by atoms with E-state index in [1.165, 1.54) is 17.7 Å². The molecule has 3 aromatic rings. The van der Waals surface area contributed by atoms with Gasteiger partial charge in [-0.2, -0.15) is 0 Å². The third-order valence-corrected chi connectivity index (χ3v) is 4.98. The Balaban J connectivity index is 1.88. The molecule has 0 spiro atoms. The van der Waals surface area contributed by atoms with E-state index in [0.29, 0.717) is 12.1 Å². The Labute approximate surface area is 170 Å². The zero-order valence-corrected chi connectivity index (χ0v) is 16.8. The van der Waals surface area contributed by atoms with Crippen LogP contribution in [0.4, 0.5) is 14.9 Å². The monoisotopic (exact) mass is 393 g/mol. The number of ether oxygens (including phenoxy) is 1. The predicted molar refractivity (Wildman–Crippen MR) is 113 cm³/mol. The second-order valence-corrected chi connectivity index (χ2v) is 7.14. The van der Waals surface area contributed by atoms with Crippen molar-refractivity contribution in [3.63, 3.8) is 0 Å². The molecule has 0 aliphatic heterocycles. The SMILES string of the molecule is COc1ccc(Cc2c(C)cc(NC(=O)O)cc2C)cc1Cc1ccc(F)cc1. The number of methoxy groups -OCH3 is 1. The highest BCUT2D eigenvalue weighted by Gasteiger charge is 2.11. The molecule has 0 fully saturated rings. The molecule has 5 heteroatoms. The van der Waals surface area contributed by atoms with Gasteiger partial charge in [-0.05, 0) is 84.0 Å². The summed E-state index contributed by atoms with van der Waals surface area (Å²) in [5.74, 6) is 0.550. The Bertz CT molecular complexity index is 1010. The largest absolute Gasteiger partial charge is 0.496 e. The number of halogens is 1. The van der Waals surface area contributed by atoms with E-state index in [-0.39, 0.29) is 5.82 Å². The fraction of sp³-hybridized carbons (Fsp3) is 0.208. The van der Waals surface area contributed by atoms with Crippen LogP contribution in [0.25, 0.3) is 0 Å². The molecule has 0 saturated carbocycles. The van der Waals surface area contributed by atoms with E-state index in [1.54, 1.807) is 19.2 Å². The number of amides is 1. The molecule has 1 amide bonds. The summed E-state index contributed by atoms with van der Waals surface area (Å²) in [6.07, 6.45) is 0.305. The van der Waals surface area contributed by atoms with Crippen molar-refractivity contribution in [3.8, 4) is 5.75 Å². The van der Waals surface area contributed by atoms with E-state index < -0.39 is 6.09 Å². The van der Waals surface area contributed by atoms with Gasteiger partial charge in [0.15, 0.2) is 0 Å². The van der Waals surface area contributed by atoms with Crippen LogP contribution < -0.4 is 10.1 Å². The lowest BCUT2D eigenvalue weighted by atomic mass is 9.93. The summed E-state index contributed by atoms with van der Waals surface area (Å²) in [5, 5.41) is 11.3. The number of rotatable bonds is 6. The molecule has 29 heavy (non-hydrogen) atoms. The quantitative estimate of drug-likeness (QED) is 0.563. The number of carboxylic acid groups (broad SMARTS) is 1. The average molecular weight is 393 g/mol. The van der Waals surface area contributed by atoms with Crippen molar-refractivity contribution in [1.82, 2.24) is 0 Å². The van der Waals surface area contributed by atoms with Crippen LogP contribution >= 0.6 is 0 Å². The third-order valence-electron chi connectivity index (χ3n) is 4.98. The number of carbonyl (C=O) groups is 1. The lowest BCUT2D eigenvalue weighted by molar-refractivity contribution is 0.209. The molecule has 0 aromatic heterocycles. The Hall–Kier alpha value is -3.34. The highest BCUT2D eigenvalue weighted by Crippen LogP contribution is 2.27. The van der Waals surface area contributed by atoms with Gasteiger partial charge in [0.2, 0.25) is 0 Å². The first-order chi connectivity index (χ1) is 13.9. The molecule has 4 nitrogen and oxygen atoms in total. The van der Waals surface area contributed by atoms with Crippen LogP contribution in [0, 0.1) is 19.7 Å². The molecule has 0 radical (unpaired) electrons. The van der Waals surface area contributed by atoms with Gasteiger partial charge in [0, 0.05) is 12.1 Å². The van der Waals surface area contributed by atoms with Crippen LogP contribution in [0.2, 0.25) is 0 Å². The molecular formula is C24H24FNO3.